The van der Waals surface area contributed by atoms with Crippen molar-refractivity contribution in [1.82, 2.24) is 20.5 Å². The van der Waals surface area contributed by atoms with Crippen molar-refractivity contribution in [3.8, 4) is 0 Å². The first kappa shape index (κ1) is 13.9. The van der Waals surface area contributed by atoms with Crippen LogP contribution < -0.4 is 5.32 Å². The summed E-state index contributed by atoms with van der Waals surface area (Å²) in [4.78, 5) is 16.5. The van der Waals surface area contributed by atoms with Crippen LogP contribution in [0, 0.1) is 0 Å². The van der Waals surface area contributed by atoms with Crippen molar-refractivity contribution >= 4 is 16.9 Å². The average Bonchev–Trinajstić information content (AvgIpc) is 3.18. The lowest BCUT2D eigenvalue weighted by Gasteiger charge is -2.11. The number of pyridine rings is 1. The number of aromatic nitrogens is 3. The minimum Gasteiger partial charge on any atom is -0.350 e. The minimum absolute atomic E-state index is 0.0818. The van der Waals surface area contributed by atoms with Crippen LogP contribution in [-0.2, 0) is 17.8 Å². The van der Waals surface area contributed by atoms with Gasteiger partial charge in [-0.15, -0.1) is 0 Å². The molecule has 5 nitrogen and oxygen atoms in total. The van der Waals surface area contributed by atoms with Crippen molar-refractivity contribution in [2.45, 2.75) is 31.7 Å². The zero-order valence-electron chi connectivity index (χ0n) is 12.7. The summed E-state index contributed by atoms with van der Waals surface area (Å²) in [6, 6.07) is 12.3. The molecule has 2 aromatic heterocycles. The number of carbonyl (C=O) groups excluding carboxylic acids is 1. The van der Waals surface area contributed by atoms with Gasteiger partial charge in [0, 0.05) is 18.0 Å². The largest absolute Gasteiger partial charge is 0.350 e. The lowest BCUT2D eigenvalue weighted by atomic mass is 9.97. The van der Waals surface area contributed by atoms with Crippen molar-refractivity contribution < 1.29 is 4.79 Å². The standard InChI is InChI=1S/C18H18N4O/c23-17(10-13-8-7-12-4-1-2-5-14(12)13)20-11-16-15-6-3-9-19-18(15)22-21-16/h1-6,9,13H,7-8,10-11H2,(H,20,23)(H,19,21,22). The van der Waals surface area contributed by atoms with E-state index in [1.807, 2.05) is 12.1 Å². The van der Waals surface area contributed by atoms with Gasteiger partial charge in [0.05, 0.1) is 12.2 Å². The number of hydrogen-bond donors (Lipinski definition) is 2. The van der Waals surface area contributed by atoms with Gasteiger partial charge in [0.15, 0.2) is 5.65 Å². The van der Waals surface area contributed by atoms with Crippen molar-refractivity contribution in [2.24, 2.45) is 0 Å². The monoisotopic (exact) mass is 306 g/mol. The van der Waals surface area contributed by atoms with Gasteiger partial charge in [0.1, 0.15) is 0 Å². The van der Waals surface area contributed by atoms with E-state index in [9.17, 15) is 4.79 Å². The van der Waals surface area contributed by atoms with E-state index < -0.39 is 0 Å². The fraction of sp³-hybridized carbons (Fsp3) is 0.278. The molecule has 1 unspecified atom stereocenters. The molecular weight excluding hydrogens is 288 g/mol. The van der Waals surface area contributed by atoms with E-state index in [2.05, 4.69) is 44.8 Å². The third-order valence-electron chi connectivity index (χ3n) is 4.56. The summed E-state index contributed by atoms with van der Waals surface area (Å²) in [6.45, 7) is 0.454. The molecule has 2 N–H and O–H groups in total. The summed E-state index contributed by atoms with van der Waals surface area (Å²) in [5.74, 6) is 0.421. The van der Waals surface area contributed by atoms with Gasteiger partial charge in [-0.1, -0.05) is 24.3 Å². The molecular formula is C18H18N4O. The number of benzene rings is 1. The second-order valence-electron chi connectivity index (χ2n) is 5.99. The second kappa shape index (κ2) is 5.83. The molecule has 1 atom stereocenters. The molecule has 4 rings (SSSR count). The van der Waals surface area contributed by atoms with Crippen LogP contribution in [-0.4, -0.2) is 21.1 Å². The SMILES string of the molecule is O=C(CC1CCc2ccccc21)NCc1[nH]nc2ncccc12. The van der Waals surface area contributed by atoms with Gasteiger partial charge in [-0.3, -0.25) is 9.89 Å². The maximum atomic E-state index is 12.3. The molecule has 1 aliphatic rings. The number of nitrogens with one attached hydrogen (secondary N) is 2. The van der Waals surface area contributed by atoms with Crippen LogP contribution >= 0.6 is 0 Å². The van der Waals surface area contributed by atoms with Crippen LogP contribution in [0.1, 0.15) is 35.6 Å². The quantitative estimate of drug-likeness (QED) is 0.778. The van der Waals surface area contributed by atoms with Crippen LogP contribution in [0.25, 0.3) is 11.0 Å². The first-order valence-electron chi connectivity index (χ1n) is 7.94. The molecule has 0 radical (unpaired) electrons. The molecule has 3 aromatic rings. The van der Waals surface area contributed by atoms with E-state index in [-0.39, 0.29) is 5.91 Å². The summed E-state index contributed by atoms with van der Waals surface area (Å²) >= 11 is 0. The smallest absolute Gasteiger partial charge is 0.220 e. The molecule has 23 heavy (non-hydrogen) atoms. The van der Waals surface area contributed by atoms with Crippen LogP contribution in [0.15, 0.2) is 42.6 Å². The van der Waals surface area contributed by atoms with Gasteiger partial charge in [-0.2, -0.15) is 5.10 Å². The molecule has 0 bridgehead atoms. The van der Waals surface area contributed by atoms with E-state index >= 15 is 0 Å². The van der Waals surface area contributed by atoms with Crippen molar-refractivity contribution in [1.29, 1.82) is 0 Å². The fourth-order valence-electron chi connectivity index (χ4n) is 3.38. The van der Waals surface area contributed by atoms with Crippen molar-refractivity contribution in [3.63, 3.8) is 0 Å². The summed E-state index contributed by atoms with van der Waals surface area (Å²) in [5.41, 5.74) is 4.30. The Kier molecular flexibility index (Phi) is 3.54. The van der Waals surface area contributed by atoms with E-state index in [0.29, 0.717) is 24.5 Å². The predicted molar refractivity (Wildman–Crippen MR) is 87.9 cm³/mol. The summed E-state index contributed by atoms with van der Waals surface area (Å²) < 4.78 is 0. The normalized spacial score (nSPS) is 16.4. The van der Waals surface area contributed by atoms with Crippen LogP contribution in [0.3, 0.4) is 0 Å². The fourth-order valence-corrected chi connectivity index (χ4v) is 3.38. The zero-order chi connectivity index (χ0) is 15.6. The average molecular weight is 306 g/mol. The number of amides is 1. The summed E-state index contributed by atoms with van der Waals surface area (Å²) in [7, 11) is 0. The lowest BCUT2D eigenvalue weighted by Crippen LogP contribution is -2.24. The number of carbonyl (C=O) groups is 1. The Morgan fingerprint density at radius 3 is 3.13 bits per heavy atom. The van der Waals surface area contributed by atoms with Gasteiger partial charge < -0.3 is 5.32 Å². The number of nitrogens with zero attached hydrogens (tertiary/aromatic N) is 2. The van der Waals surface area contributed by atoms with Gasteiger partial charge in [-0.25, -0.2) is 4.98 Å². The lowest BCUT2D eigenvalue weighted by molar-refractivity contribution is -0.121. The number of H-pyrrole nitrogens is 1. The number of aromatic amines is 1. The number of fused-ring (bicyclic) bond motifs is 2. The van der Waals surface area contributed by atoms with Crippen LogP contribution in [0.5, 0.6) is 0 Å². The molecule has 116 valence electrons. The predicted octanol–water partition coefficient (Wildman–Crippen LogP) is 2.69. The highest BCUT2D eigenvalue weighted by molar-refractivity contribution is 5.80. The Hall–Kier alpha value is -2.69. The first-order valence-corrected chi connectivity index (χ1v) is 7.94. The Labute approximate surface area is 134 Å². The Morgan fingerprint density at radius 1 is 1.26 bits per heavy atom. The molecule has 0 spiro atoms. The molecule has 0 saturated carbocycles. The number of aryl methyl sites for hydroxylation is 1. The van der Waals surface area contributed by atoms with Gasteiger partial charge in [0.25, 0.3) is 0 Å². The molecule has 1 aromatic carbocycles. The molecule has 1 amide bonds. The molecule has 5 heteroatoms. The Morgan fingerprint density at radius 2 is 2.17 bits per heavy atom. The number of hydrogen-bond acceptors (Lipinski definition) is 3. The highest BCUT2D eigenvalue weighted by atomic mass is 16.1. The summed E-state index contributed by atoms with van der Waals surface area (Å²) in [6.07, 6.45) is 4.39. The van der Waals surface area contributed by atoms with E-state index in [4.69, 9.17) is 0 Å². The molecule has 2 heterocycles. The van der Waals surface area contributed by atoms with Crippen molar-refractivity contribution in [2.75, 3.05) is 0 Å². The summed E-state index contributed by atoms with van der Waals surface area (Å²) in [5, 5.41) is 11.0. The molecule has 0 aliphatic heterocycles. The minimum atomic E-state index is 0.0818. The number of rotatable bonds is 4. The van der Waals surface area contributed by atoms with E-state index in [0.717, 1.165) is 23.9 Å². The Balaban J connectivity index is 1.40. The van der Waals surface area contributed by atoms with Gasteiger partial charge in [-0.05, 0) is 42.0 Å². The Bertz CT molecular complexity index is 855. The third kappa shape index (κ3) is 2.70. The van der Waals surface area contributed by atoms with Gasteiger partial charge in [0.2, 0.25) is 5.91 Å². The zero-order valence-corrected chi connectivity index (χ0v) is 12.7. The highest BCUT2D eigenvalue weighted by Gasteiger charge is 2.24. The third-order valence-corrected chi connectivity index (χ3v) is 4.56. The second-order valence-corrected chi connectivity index (χ2v) is 5.99. The van der Waals surface area contributed by atoms with E-state index in [1.54, 1.807) is 6.20 Å². The van der Waals surface area contributed by atoms with Crippen molar-refractivity contribution in [3.05, 3.63) is 59.4 Å². The van der Waals surface area contributed by atoms with E-state index in [1.165, 1.54) is 11.1 Å². The molecule has 0 saturated heterocycles. The molecule has 0 fully saturated rings. The maximum absolute atomic E-state index is 12.3. The first-order chi connectivity index (χ1) is 11.3. The topological polar surface area (TPSA) is 70.7 Å². The maximum Gasteiger partial charge on any atom is 0.220 e. The van der Waals surface area contributed by atoms with Gasteiger partial charge >= 0.3 is 0 Å². The molecule has 1 aliphatic carbocycles. The highest BCUT2D eigenvalue weighted by Crippen LogP contribution is 2.35. The van der Waals surface area contributed by atoms with Crippen LogP contribution in [0.2, 0.25) is 0 Å². The van der Waals surface area contributed by atoms with Crippen LogP contribution in [0.4, 0.5) is 0 Å².